The first kappa shape index (κ1) is 8.44. The molecule has 0 aliphatic heterocycles. The van der Waals surface area contributed by atoms with Crippen LogP contribution in [0.25, 0.3) is 11.3 Å². The lowest BCUT2D eigenvalue weighted by Crippen LogP contribution is -2.26. The summed E-state index contributed by atoms with van der Waals surface area (Å²) in [7, 11) is 1.99. The van der Waals surface area contributed by atoms with Crippen LogP contribution in [-0.2, 0) is 7.05 Å². The standard InChI is InChI=1S/C9H9BrN3/c1-13-4-2-3-7(6-13)9-8(10)5-11-12-9/h2-6H,1H3,(H,11,12)/q+1. The first-order chi connectivity index (χ1) is 6.27. The van der Waals surface area contributed by atoms with Gasteiger partial charge in [0.1, 0.15) is 7.05 Å². The van der Waals surface area contributed by atoms with Crippen molar-refractivity contribution in [1.82, 2.24) is 10.2 Å². The van der Waals surface area contributed by atoms with Crippen LogP contribution in [0, 0.1) is 0 Å². The summed E-state index contributed by atoms with van der Waals surface area (Å²) in [4.78, 5) is 0. The molecule has 0 atom stereocenters. The third-order valence-electron chi connectivity index (χ3n) is 1.82. The van der Waals surface area contributed by atoms with Gasteiger partial charge in [0.25, 0.3) is 0 Å². The molecule has 0 saturated heterocycles. The fraction of sp³-hybridized carbons (Fsp3) is 0.111. The van der Waals surface area contributed by atoms with E-state index in [2.05, 4.69) is 26.1 Å². The van der Waals surface area contributed by atoms with E-state index in [1.54, 1.807) is 6.20 Å². The summed E-state index contributed by atoms with van der Waals surface area (Å²) < 4.78 is 2.99. The minimum atomic E-state index is 0.985. The summed E-state index contributed by atoms with van der Waals surface area (Å²) in [6.45, 7) is 0. The first-order valence-electron chi connectivity index (χ1n) is 3.92. The molecule has 2 aromatic rings. The molecule has 0 unspecified atom stereocenters. The van der Waals surface area contributed by atoms with E-state index in [0.29, 0.717) is 0 Å². The van der Waals surface area contributed by atoms with Crippen LogP contribution in [-0.4, -0.2) is 10.2 Å². The Morgan fingerprint density at radius 3 is 3.00 bits per heavy atom. The molecule has 1 N–H and O–H groups in total. The van der Waals surface area contributed by atoms with Crippen molar-refractivity contribution < 1.29 is 4.57 Å². The monoisotopic (exact) mass is 238 g/mol. The third kappa shape index (κ3) is 1.62. The second kappa shape index (κ2) is 3.30. The molecule has 66 valence electrons. The zero-order chi connectivity index (χ0) is 9.26. The van der Waals surface area contributed by atoms with Gasteiger partial charge in [-0.05, 0) is 22.0 Å². The summed E-state index contributed by atoms with van der Waals surface area (Å²) in [6, 6.07) is 4.04. The van der Waals surface area contributed by atoms with E-state index in [4.69, 9.17) is 0 Å². The molecule has 2 aromatic heterocycles. The van der Waals surface area contributed by atoms with Gasteiger partial charge in [0.05, 0.1) is 21.9 Å². The highest BCUT2D eigenvalue weighted by molar-refractivity contribution is 9.10. The van der Waals surface area contributed by atoms with Gasteiger partial charge in [0.2, 0.25) is 0 Å². The fourth-order valence-electron chi connectivity index (χ4n) is 1.21. The zero-order valence-corrected chi connectivity index (χ0v) is 8.75. The molecular weight excluding hydrogens is 230 g/mol. The van der Waals surface area contributed by atoms with Gasteiger partial charge >= 0.3 is 0 Å². The van der Waals surface area contributed by atoms with Crippen molar-refractivity contribution in [3.05, 3.63) is 35.2 Å². The summed E-state index contributed by atoms with van der Waals surface area (Å²) in [5.41, 5.74) is 2.13. The van der Waals surface area contributed by atoms with Gasteiger partial charge in [-0.15, -0.1) is 0 Å². The number of hydrogen-bond donors (Lipinski definition) is 1. The molecule has 0 aliphatic carbocycles. The Kier molecular flexibility index (Phi) is 2.14. The predicted molar refractivity (Wildman–Crippen MR) is 52.9 cm³/mol. The number of halogens is 1. The topological polar surface area (TPSA) is 32.6 Å². The minimum absolute atomic E-state index is 0.985. The molecular formula is C9H9BrN3+. The number of rotatable bonds is 1. The molecule has 0 amide bonds. The first-order valence-corrected chi connectivity index (χ1v) is 4.71. The van der Waals surface area contributed by atoms with E-state index in [1.165, 1.54) is 0 Å². The van der Waals surface area contributed by atoms with Crippen LogP contribution in [0.5, 0.6) is 0 Å². The fourth-order valence-corrected chi connectivity index (χ4v) is 1.63. The summed E-state index contributed by atoms with van der Waals surface area (Å²) in [6.07, 6.45) is 5.79. The molecule has 2 heterocycles. The highest BCUT2D eigenvalue weighted by Crippen LogP contribution is 2.23. The van der Waals surface area contributed by atoms with E-state index in [1.807, 2.05) is 36.1 Å². The van der Waals surface area contributed by atoms with Crippen molar-refractivity contribution in [1.29, 1.82) is 0 Å². The molecule has 13 heavy (non-hydrogen) atoms. The van der Waals surface area contributed by atoms with Gasteiger partial charge in [-0.2, -0.15) is 5.10 Å². The van der Waals surface area contributed by atoms with Crippen LogP contribution >= 0.6 is 15.9 Å². The van der Waals surface area contributed by atoms with Crippen LogP contribution in [0.1, 0.15) is 0 Å². The highest BCUT2D eigenvalue weighted by Gasteiger charge is 2.07. The Bertz CT molecular complexity index is 422. The zero-order valence-electron chi connectivity index (χ0n) is 7.16. The number of nitrogens with zero attached hydrogens (tertiary/aromatic N) is 2. The smallest absolute Gasteiger partial charge is 0.177 e. The molecule has 0 bridgehead atoms. The van der Waals surface area contributed by atoms with Crippen LogP contribution in [0.2, 0.25) is 0 Å². The van der Waals surface area contributed by atoms with E-state index < -0.39 is 0 Å². The van der Waals surface area contributed by atoms with Crippen LogP contribution < -0.4 is 4.57 Å². The van der Waals surface area contributed by atoms with Crippen molar-refractivity contribution in [3.63, 3.8) is 0 Å². The number of aromatic nitrogens is 3. The number of aromatic amines is 1. The normalized spacial score (nSPS) is 10.3. The van der Waals surface area contributed by atoms with E-state index >= 15 is 0 Å². The molecule has 3 nitrogen and oxygen atoms in total. The molecule has 4 heteroatoms. The Balaban J connectivity index is 2.53. The number of pyridine rings is 1. The number of aryl methyl sites for hydroxylation is 1. The predicted octanol–water partition coefficient (Wildman–Crippen LogP) is 1.66. The Labute approximate surface area is 84.5 Å². The average Bonchev–Trinajstić information content (AvgIpc) is 2.51. The molecule has 0 saturated carbocycles. The molecule has 2 rings (SSSR count). The maximum Gasteiger partial charge on any atom is 0.177 e. The van der Waals surface area contributed by atoms with Crippen molar-refractivity contribution in [2.75, 3.05) is 0 Å². The van der Waals surface area contributed by atoms with E-state index in [-0.39, 0.29) is 0 Å². The lowest BCUT2D eigenvalue weighted by atomic mass is 10.2. The largest absolute Gasteiger partial charge is 0.276 e. The van der Waals surface area contributed by atoms with E-state index in [9.17, 15) is 0 Å². The molecule has 0 aromatic carbocycles. The van der Waals surface area contributed by atoms with Crippen molar-refractivity contribution in [3.8, 4) is 11.3 Å². The van der Waals surface area contributed by atoms with Gasteiger partial charge < -0.3 is 0 Å². The number of hydrogen-bond acceptors (Lipinski definition) is 1. The molecule has 0 radical (unpaired) electrons. The minimum Gasteiger partial charge on any atom is -0.276 e. The maximum absolute atomic E-state index is 3.95. The SMILES string of the molecule is C[n+]1cccc(-c2[nH]ncc2Br)c1. The van der Waals surface area contributed by atoms with Gasteiger partial charge in [-0.3, -0.25) is 5.10 Å². The highest BCUT2D eigenvalue weighted by atomic mass is 79.9. The quantitative estimate of drug-likeness (QED) is 0.754. The van der Waals surface area contributed by atoms with Crippen LogP contribution in [0.15, 0.2) is 35.2 Å². The second-order valence-corrected chi connectivity index (χ2v) is 3.71. The van der Waals surface area contributed by atoms with Gasteiger partial charge in [0.15, 0.2) is 12.4 Å². The number of nitrogens with one attached hydrogen (secondary N) is 1. The average molecular weight is 239 g/mol. The lowest BCUT2D eigenvalue weighted by molar-refractivity contribution is -0.671. The third-order valence-corrected chi connectivity index (χ3v) is 2.42. The molecule has 0 fully saturated rings. The lowest BCUT2D eigenvalue weighted by Gasteiger charge is -1.95. The number of H-pyrrole nitrogens is 1. The van der Waals surface area contributed by atoms with Crippen LogP contribution in [0.3, 0.4) is 0 Å². The van der Waals surface area contributed by atoms with Gasteiger partial charge in [-0.1, -0.05) is 0 Å². The molecule has 0 spiro atoms. The second-order valence-electron chi connectivity index (χ2n) is 2.85. The Morgan fingerprint density at radius 1 is 1.54 bits per heavy atom. The van der Waals surface area contributed by atoms with Crippen molar-refractivity contribution >= 4 is 15.9 Å². The van der Waals surface area contributed by atoms with Crippen LogP contribution in [0.4, 0.5) is 0 Å². The summed E-state index contributed by atoms with van der Waals surface area (Å²) >= 11 is 3.42. The van der Waals surface area contributed by atoms with E-state index in [0.717, 1.165) is 15.7 Å². The Hall–Kier alpha value is -1.16. The maximum atomic E-state index is 3.95. The summed E-state index contributed by atoms with van der Waals surface area (Å²) in [5, 5.41) is 6.89. The van der Waals surface area contributed by atoms with Crippen molar-refractivity contribution in [2.24, 2.45) is 7.05 Å². The van der Waals surface area contributed by atoms with Gasteiger partial charge in [-0.25, -0.2) is 4.57 Å². The molecule has 0 aliphatic rings. The Morgan fingerprint density at radius 2 is 2.38 bits per heavy atom. The van der Waals surface area contributed by atoms with Crippen molar-refractivity contribution in [2.45, 2.75) is 0 Å². The summed E-state index contributed by atoms with van der Waals surface area (Å²) in [5.74, 6) is 0. The van der Waals surface area contributed by atoms with Gasteiger partial charge in [0, 0.05) is 6.07 Å².